The summed E-state index contributed by atoms with van der Waals surface area (Å²) < 4.78 is 33.9. The third-order valence-electron chi connectivity index (χ3n) is 4.99. The van der Waals surface area contributed by atoms with Gasteiger partial charge < -0.3 is 14.8 Å². The van der Waals surface area contributed by atoms with Crippen molar-refractivity contribution in [2.75, 3.05) is 31.8 Å². The van der Waals surface area contributed by atoms with Crippen molar-refractivity contribution in [3.8, 4) is 5.75 Å². The van der Waals surface area contributed by atoms with Crippen LogP contribution in [0.1, 0.15) is 24.8 Å². The lowest BCUT2D eigenvalue weighted by molar-refractivity contribution is -0.131. The molecule has 2 saturated heterocycles. The summed E-state index contributed by atoms with van der Waals surface area (Å²) in [6, 6.07) is 7.23. The molecule has 7 heteroatoms. The summed E-state index contributed by atoms with van der Waals surface area (Å²) in [7, 11) is -1.42. The highest BCUT2D eigenvalue weighted by atomic mass is 32.2. The summed E-state index contributed by atoms with van der Waals surface area (Å²) in [6.45, 7) is 1.03. The van der Waals surface area contributed by atoms with E-state index in [0.29, 0.717) is 32.5 Å². The maximum absolute atomic E-state index is 13.0. The van der Waals surface area contributed by atoms with E-state index in [1.165, 1.54) is 0 Å². The number of amides is 1. The first-order chi connectivity index (χ1) is 11.5. The Hall–Kier alpha value is -1.60. The molecule has 1 unspecified atom stereocenters. The number of nitrogens with one attached hydrogen (secondary N) is 1. The number of sulfone groups is 1. The van der Waals surface area contributed by atoms with Crippen molar-refractivity contribution >= 4 is 15.7 Å². The standard InChI is InChI=1S/C17H23NO5S/c1-22-15-4-2-13(3-5-15)17(7-9-23-10-8-17)16(19)18-14-6-11-24(20,21)12-14/h2-5,14H,6-12H2,1H3,(H,18,19). The van der Waals surface area contributed by atoms with Crippen LogP contribution in [0.5, 0.6) is 5.75 Å². The Morgan fingerprint density at radius 2 is 1.92 bits per heavy atom. The third-order valence-corrected chi connectivity index (χ3v) is 6.76. The summed E-state index contributed by atoms with van der Waals surface area (Å²) in [4.78, 5) is 13.0. The molecule has 6 nitrogen and oxygen atoms in total. The highest BCUT2D eigenvalue weighted by Crippen LogP contribution is 2.36. The fourth-order valence-corrected chi connectivity index (χ4v) is 5.18. The summed E-state index contributed by atoms with van der Waals surface area (Å²) in [5.74, 6) is 0.825. The quantitative estimate of drug-likeness (QED) is 0.875. The zero-order valence-corrected chi connectivity index (χ0v) is 14.6. The number of rotatable bonds is 4. The van der Waals surface area contributed by atoms with Gasteiger partial charge in [-0.15, -0.1) is 0 Å². The molecule has 1 amide bonds. The normalized spacial score (nSPS) is 25.1. The molecular formula is C17H23NO5S. The molecular weight excluding hydrogens is 330 g/mol. The zero-order chi connectivity index (χ0) is 17.2. The predicted molar refractivity (Wildman–Crippen MR) is 89.9 cm³/mol. The third kappa shape index (κ3) is 3.42. The number of hydrogen-bond acceptors (Lipinski definition) is 5. The highest BCUT2D eigenvalue weighted by molar-refractivity contribution is 7.91. The smallest absolute Gasteiger partial charge is 0.231 e. The second-order valence-corrected chi connectivity index (χ2v) is 8.73. The van der Waals surface area contributed by atoms with Crippen molar-refractivity contribution in [1.82, 2.24) is 5.32 Å². The van der Waals surface area contributed by atoms with E-state index in [2.05, 4.69) is 5.32 Å². The maximum Gasteiger partial charge on any atom is 0.231 e. The van der Waals surface area contributed by atoms with Crippen LogP contribution >= 0.6 is 0 Å². The Bertz CT molecular complexity index is 692. The van der Waals surface area contributed by atoms with E-state index >= 15 is 0 Å². The first kappa shape index (κ1) is 17.2. The van der Waals surface area contributed by atoms with Crippen LogP contribution < -0.4 is 10.1 Å². The fourth-order valence-electron chi connectivity index (χ4n) is 3.51. The van der Waals surface area contributed by atoms with Crippen LogP contribution in [-0.4, -0.2) is 52.2 Å². The summed E-state index contributed by atoms with van der Waals surface area (Å²) in [6.07, 6.45) is 1.67. The van der Waals surface area contributed by atoms with Gasteiger partial charge in [0.25, 0.3) is 0 Å². The number of methoxy groups -OCH3 is 1. The van der Waals surface area contributed by atoms with Gasteiger partial charge in [-0.3, -0.25) is 4.79 Å². The maximum atomic E-state index is 13.0. The molecule has 3 rings (SSSR count). The van der Waals surface area contributed by atoms with Gasteiger partial charge in [-0.2, -0.15) is 0 Å². The van der Waals surface area contributed by atoms with Crippen molar-refractivity contribution in [1.29, 1.82) is 0 Å². The SMILES string of the molecule is COc1ccc(C2(C(=O)NC3CCS(=O)(=O)C3)CCOCC2)cc1. The molecule has 24 heavy (non-hydrogen) atoms. The molecule has 0 aliphatic carbocycles. The molecule has 2 aliphatic heterocycles. The Labute approximate surface area is 142 Å². The number of ether oxygens (including phenoxy) is 2. The Morgan fingerprint density at radius 1 is 1.25 bits per heavy atom. The van der Waals surface area contributed by atoms with Crippen molar-refractivity contribution < 1.29 is 22.7 Å². The van der Waals surface area contributed by atoms with Crippen LogP contribution in [0.4, 0.5) is 0 Å². The lowest BCUT2D eigenvalue weighted by Crippen LogP contribution is -2.51. The average Bonchev–Trinajstić information content (AvgIpc) is 2.94. The molecule has 0 radical (unpaired) electrons. The van der Waals surface area contributed by atoms with Gasteiger partial charge in [-0.1, -0.05) is 12.1 Å². The molecule has 1 aromatic carbocycles. The molecule has 0 bridgehead atoms. The lowest BCUT2D eigenvalue weighted by atomic mass is 9.73. The molecule has 0 spiro atoms. The Balaban J connectivity index is 1.83. The van der Waals surface area contributed by atoms with Crippen LogP contribution in [0, 0.1) is 0 Å². The monoisotopic (exact) mass is 353 g/mol. The van der Waals surface area contributed by atoms with Crippen molar-refractivity contribution in [3.63, 3.8) is 0 Å². The van der Waals surface area contributed by atoms with E-state index in [1.807, 2.05) is 24.3 Å². The minimum Gasteiger partial charge on any atom is -0.497 e. The van der Waals surface area contributed by atoms with Crippen LogP contribution in [0.25, 0.3) is 0 Å². The van der Waals surface area contributed by atoms with E-state index in [4.69, 9.17) is 9.47 Å². The van der Waals surface area contributed by atoms with Gasteiger partial charge in [-0.25, -0.2) is 8.42 Å². The molecule has 1 aromatic rings. The molecule has 0 aromatic heterocycles. The van der Waals surface area contributed by atoms with E-state index < -0.39 is 15.3 Å². The fraction of sp³-hybridized carbons (Fsp3) is 0.588. The van der Waals surface area contributed by atoms with Crippen LogP contribution in [0.3, 0.4) is 0 Å². The van der Waals surface area contributed by atoms with Gasteiger partial charge in [-0.05, 0) is 37.0 Å². The van der Waals surface area contributed by atoms with Crippen LogP contribution in [0.2, 0.25) is 0 Å². The summed E-state index contributed by atoms with van der Waals surface area (Å²) in [5, 5.41) is 2.97. The number of hydrogen-bond donors (Lipinski definition) is 1. The van der Waals surface area contributed by atoms with Crippen molar-refractivity contribution in [3.05, 3.63) is 29.8 Å². The predicted octanol–water partition coefficient (Wildman–Crippen LogP) is 1.05. The molecule has 0 saturated carbocycles. The first-order valence-corrected chi connectivity index (χ1v) is 10.0. The molecule has 1 N–H and O–H groups in total. The van der Waals surface area contributed by atoms with Crippen LogP contribution in [0.15, 0.2) is 24.3 Å². The summed E-state index contributed by atoms with van der Waals surface area (Å²) in [5.41, 5.74) is 0.251. The van der Waals surface area contributed by atoms with Gasteiger partial charge in [0, 0.05) is 19.3 Å². The number of carbonyl (C=O) groups is 1. The van der Waals surface area contributed by atoms with Crippen molar-refractivity contribution in [2.24, 2.45) is 0 Å². The minimum absolute atomic E-state index is 0.0356. The highest BCUT2D eigenvalue weighted by Gasteiger charge is 2.43. The molecule has 2 fully saturated rings. The van der Waals surface area contributed by atoms with Gasteiger partial charge >= 0.3 is 0 Å². The molecule has 2 aliphatic rings. The first-order valence-electron chi connectivity index (χ1n) is 8.19. The zero-order valence-electron chi connectivity index (χ0n) is 13.8. The molecule has 132 valence electrons. The number of benzene rings is 1. The van der Waals surface area contributed by atoms with E-state index in [9.17, 15) is 13.2 Å². The van der Waals surface area contributed by atoms with Crippen molar-refractivity contribution in [2.45, 2.75) is 30.7 Å². The Kier molecular flexibility index (Phi) is 4.83. The minimum atomic E-state index is -3.02. The summed E-state index contributed by atoms with van der Waals surface area (Å²) >= 11 is 0. The molecule has 2 heterocycles. The average molecular weight is 353 g/mol. The number of carbonyl (C=O) groups excluding carboxylic acids is 1. The topological polar surface area (TPSA) is 81.7 Å². The largest absolute Gasteiger partial charge is 0.497 e. The van der Waals surface area contributed by atoms with Gasteiger partial charge in [0.05, 0.1) is 24.0 Å². The van der Waals surface area contributed by atoms with E-state index in [0.717, 1.165) is 11.3 Å². The van der Waals surface area contributed by atoms with E-state index in [-0.39, 0.29) is 23.5 Å². The van der Waals surface area contributed by atoms with Gasteiger partial charge in [0.1, 0.15) is 5.75 Å². The Morgan fingerprint density at radius 3 is 2.46 bits per heavy atom. The molecule has 1 atom stereocenters. The lowest BCUT2D eigenvalue weighted by Gasteiger charge is -2.37. The van der Waals surface area contributed by atoms with Gasteiger partial charge in [0.15, 0.2) is 9.84 Å². The second kappa shape index (κ2) is 6.72. The van der Waals surface area contributed by atoms with Crippen LogP contribution in [-0.2, 0) is 24.8 Å². The van der Waals surface area contributed by atoms with Gasteiger partial charge in [0.2, 0.25) is 5.91 Å². The second-order valence-electron chi connectivity index (χ2n) is 6.50. The van der Waals surface area contributed by atoms with E-state index in [1.54, 1.807) is 7.11 Å².